The van der Waals surface area contributed by atoms with Crippen molar-refractivity contribution in [3.63, 3.8) is 0 Å². The van der Waals surface area contributed by atoms with Crippen molar-refractivity contribution in [2.45, 2.75) is 31.8 Å². The van der Waals surface area contributed by atoms with Gasteiger partial charge in [0.2, 0.25) is 11.7 Å². The first-order valence-corrected chi connectivity index (χ1v) is 9.03. The number of rotatable bonds is 6. The summed E-state index contributed by atoms with van der Waals surface area (Å²) >= 11 is 0. The lowest BCUT2D eigenvalue weighted by Crippen LogP contribution is -2.31. The van der Waals surface area contributed by atoms with Gasteiger partial charge < -0.3 is 14.4 Å². The summed E-state index contributed by atoms with van der Waals surface area (Å²) in [5.74, 6) is -0.0459. The number of benzene rings is 2. The van der Waals surface area contributed by atoms with E-state index in [-0.39, 0.29) is 18.5 Å². The maximum Gasteiger partial charge on any atom is 0.329 e. The van der Waals surface area contributed by atoms with Crippen LogP contribution in [0.2, 0.25) is 0 Å². The quantitative estimate of drug-likeness (QED) is 0.688. The summed E-state index contributed by atoms with van der Waals surface area (Å²) in [5, 5.41) is 12.5. The van der Waals surface area contributed by atoms with Gasteiger partial charge in [0.15, 0.2) is 0 Å². The van der Waals surface area contributed by atoms with E-state index in [1.165, 1.54) is 6.07 Å². The lowest BCUT2D eigenvalue weighted by atomic mass is 9.77. The van der Waals surface area contributed by atoms with Crippen LogP contribution >= 0.6 is 0 Å². The van der Waals surface area contributed by atoms with Gasteiger partial charge in [-0.1, -0.05) is 29.4 Å². The fourth-order valence-corrected chi connectivity index (χ4v) is 3.40. The molecule has 4 rings (SSSR count). The molecule has 1 aromatic heterocycles. The van der Waals surface area contributed by atoms with Crippen LogP contribution in [0.4, 0.5) is 4.39 Å². The van der Waals surface area contributed by atoms with E-state index in [0.717, 1.165) is 24.0 Å². The van der Waals surface area contributed by atoms with Crippen molar-refractivity contribution in [1.82, 2.24) is 10.1 Å². The van der Waals surface area contributed by atoms with Crippen molar-refractivity contribution in [3.8, 4) is 22.5 Å². The molecule has 6 nitrogen and oxygen atoms in total. The molecule has 28 heavy (non-hydrogen) atoms. The van der Waals surface area contributed by atoms with Crippen LogP contribution in [0.15, 0.2) is 47.0 Å². The van der Waals surface area contributed by atoms with Crippen LogP contribution in [0.25, 0.3) is 22.5 Å². The highest BCUT2D eigenvalue weighted by atomic mass is 19.1. The minimum atomic E-state index is -0.951. The Morgan fingerprint density at radius 3 is 2.57 bits per heavy atom. The third-order valence-corrected chi connectivity index (χ3v) is 4.98. The monoisotopic (exact) mass is 382 g/mol. The second-order valence-electron chi connectivity index (χ2n) is 6.95. The minimum Gasteiger partial charge on any atom is -0.480 e. The van der Waals surface area contributed by atoms with Crippen molar-refractivity contribution < 1.29 is 23.6 Å². The molecule has 0 bridgehead atoms. The maximum atomic E-state index is 14.4. The molecule has 0 unspecified atom stereocenters. The molecule has 0 atom stereocenters. The molecule has 1 saturated carbocycles. The zero-order valence-electron chi connectivity index (χ0n) is 15.3. The second kappa shape index (κ2) is 7.52. The summed E-state index contributed by atoms with van der Waals surface area (Å²) in [6.07, 6.45) is 1.59. The fourth-order valence-electron chi connectivity index (χ4n) is 3.40. The van der Waals surface area contributed by atoms with Crippen molar-refractivity contribution >= 4 is 5.97 Å². The lowest BCUT2D eigenvalue weighted by molar-refractivity contribution is -0.146. The largest absolute Gasteiger partial charge is 0.480 e. The standard InChI is InChI=1S/C21H19FN2O4/c1-12-23-21(24-28-12)15-6-7-19(22)18(10-15)14-4-2-13(3-5-14)16-8-17(9-16)27-11-20(25)26/h2-7,10,16-17H,8-9,11H2,1H3,(H,25,26)/t16-,17+. The average molecular weight is 382 g/mol. The summed E-state index contributed by atoms with van der Waals surface area (Å²) in [4.78, 5) is 14.7. The Morgan fingerprint density at radius 1 is 1.21 bits per heavy atom. The smallest absolute Gasteiger partial charge is 0.329 e. The zero-order chi connectivity index (χ0) is 19.7. The number of hydrogen-bond acceptors (Lipinski definition) is 5. The summed E-state index contributed by atoms with van der Waals surface area (Å²) in [7, 11) is 0. The highest BCUT2D eigenvalue weighted by Crippen LogP contribution is 2.39. The van der Waals surface area contributed by atoms with E-state index in [2.05, 4.69) is 10.1 Å². The molecule has 1 N–H and O–H groups in total. The van der Waals surface area contributed by atoms with Crippen molar-refractivity contribution in [2.24, 2.45) is 0 Å². The second-order valence-corrected chi connectivity index (χ2v) is 6.95. The van der Waals surface area contributed by atoms with Gasteiger partial charge in [0.1, 0.15) is 12.4 Å². The molecule has 1 aliphatic carbocycles. The molecule has 0 saturated heterocycles. The van der Waals surface area contributed by atoms with Crippen LogP contribution in [0, 0.1) is 12.7 Å². The summed E-state index contributed by atoms with van der Waals surface area (Å²) in [6.45, 7) is 1.45. The number of nitrogens with zero attached hydrogens (tertiary/aromatic N) is 2. The Hall–Kier alpha value is -3.06. The average Bonchev–Trinajstić information content (AvgIpc) is 3.07. The van der Waals surface area contributed by atoms with Gasteiger partial charge in [0, 0.05) is 18.1 Å². The van der Waals surface area contributed by atoms with E-state index in [4.69, 9.17) is 14.4 Å². The van der Waals surface area contributed by atoms with Gasteiger partial charge in [-0.2, -0.15) is 4.98 Å². The molecule has 1 fully saturated rings. The first-order valence-electron chi connectivity index (χ1n) is 9.03. The summed E-state index contributed by atoms with van der Waals surface area (Å²) < 4.78 is 24.7. The van der Waals surface area contributed by atoms with E-state index in [0.29, 0.717) is 28.8 Å². The van der Waals surface area contributed by atoms with Crippen LogP contribution in [0.5, 0.6) is 0 Å². The topological polar surface area (TPSA) is 85.5 Å². The Morgan fingerprint density at radius 2 is 1.93 bits per heavy atom. The van der Waals surface area contributed by atoms with Crippen molar-refractivity contribution in [3.05, 3.63) is 59.7 Å². The highest BCUT2D eigenvalue weighted by molar-refractivity contribution is 5.71. The van der Waals surface area contributed by atoms with Gasteiger partial charge in [-0.05, 0) is 48.1 Å². The normalized spacial score (nSPS) is 18.6. The van der Waals surface area contributed by atoms with Gasteiger partial charge >= 0.3 is 5.97 Å². The van der Waals surface area contributed by atoms with Crippen LogP contribution in [0.3, 0.4) is 0 Å². The Labute approximate surface area is 161 Å². The molecule has 0 amide bonds. The number of halogens is 1. The van der Waals surface area contributed by atoms with Crippen LogP contribution < -0.4 is 0 Å². The van der Waals surface area contributed by atoms with Gasteiger partial charge in [-0.3, -0.25) is 0 Å². The zero-order valence-corrected chi connectivity index (χ0v) is 15.3. The molecule has 0 radical (unpaired) electrons. The number of aryl methyl sites for hydroxylation is 1. The molecule has 2 aromatic carbocycles. The molecule has 0 aliphatic heterocycles. The first kappa shape index (κ1) is 18.3. The minimum absolute atomic E-state index is 0.00619. The molecular weight excluding hydrogens is 363 g/mol. The molecule has 144 valence electrons. The van der Waals surface area contributed by atoms with Crippen molar-refractivity contribution in [2.75, 3.05) is 6.61 Å². The molecule has 3 aromatic rings. The predicted molar refractivity (Wildman–Crippen MR) is 99.2 cm³/mol. The number of carbonyl (C=O) groups is 1. The van der Waals surface area contributed by atoms with Crippen LogP contribution in [0.1, 0.15) is 30.2 Å². The van der Waals surface area contributed by atoms with E-state index in [9.17, 15) is 9.18 Å². The molecule has 0 spiro atoms. The molecular formula is C21H19FN2O4. The van der Waals surface area contributed by atoms with Gasteiger partial charge in [-0.15, -0.1) is 0 Å². The predicted octanol–water partition coefficient (Wildman–Crippen LogP) is 4.20. The third kappa shape index (κ3) is 3.80. The Kier molecular flexibility index (Phi) is 4.92. The number of hydrogen-bond donors (Lipinski definition) is 1. The highest BCUT2D eigenvalue weighted by Gasteiger charge is 2.31. The van der Waals surface area contributed by atoms with E-state index >= 15 is 0 Å². The van der Waals surface area contributed by atoms with Gasteiger partial charge in [-0.25, -0.2) is 9.18 Å². The number of carboxylic acid groups (broad SMARTS) is 1. The number of carboxylic acids is 1. The van der Waals surface area contributed by atoms with E-state index in [1.54, 1.807) is 19.1 Å². The Balaban J connectivity index is 1.48. The maximum absolute atomic E-state index is 14.4. The van der Waals surface area contributed by atoms with Crippen LogP contribution in [-0.4, -0.2) is 33.9 Å². The van der Waals surface area contributed by atoms with Gasteiger partial charge in [0.05, 0.1) is 6.10 Å². The first-order chi connectivity index (χ1) is 13.5. The van der Waals surface area contributed by atoms with E-state index < -0.39 is 5.97 Å². The number of aliphatic carboxylic acids is 1. The molecule has 7 heteroatoms. The SMILES string of the molecule is Cc1nc(-c2ccc(F)c(-c3ccc([C@H]4C[C@@H](OCC(=O)O)C4)cc3)c2)no1. The van der Waals surface area contributed by atoms with Gasteiger partial charge in [0.25, 0.3) is 0 Å². The summed E-state index contributed by atoms with van der Waals surface area (Å²) in [5.41, 5.74) is 3.07. The third-order valence-electron chi connectivity index (χ3n) is 4.98. The fraction of sp³-hybridized carbons (Fsp3) is 0.286. The Bertz CT molecular complexity index is 994. The molecule has 1 aliphatic rings. The molecule has 1 heterocycles. The lowest BCUT2D eigenvalue weighted by Gasteiger charge is -2.35. The number of ether oxygens (including phenoxy) is 1. The van der Waals surface area contributed by atoms with Crippen LogP contribution in [-0.2, 0) is 9.53 Å². The van der Waals surface area contributed by atoms with E-state index in [1.807, 2.05) is 24.3 Å². The summed E-state index contributed by atoms with van der Waals surface area (Å²) in [6, 6.07) is 12.5. The van der Waals surface area contributed by atoms with Crippen molar-refractivity contribution in [1.29, 1.82) is 0 Å². The number of aromatic nitrogens is 2.